The van der Waals surface area contributed by atoms with Crippen molar-refractivity contribution in [3.63, 3.8) is 0 Å². The van der Waals surface area contributed by atoms with E-state index < -0.39 is 7.52 Å². The maximum atomic E-state index is 12.3. The molecule has 15 heavy (non-hydrogen) atoms. The van der Waals surface area contributed by atoms with E-state index >= 15 is 0 Å². The van der Waals surface area contributed by atoms with Crippen LogP contribution in [0.25, 0.3) is 0 Å². The van der Waals surface area contributed by atoms with Crippen LogP contribution < -0.4 is 0 Å². The third kappa shape index (κ3) is 3.95. The van der Waals surface area contributed by atoms with E-state index in [2.05, 4.69) is 0 Å². The van der Waals surface area contributed by atoms with Crippen LogP contribution in [0.2, 0.25) is 0 Å². The molecule has 0 N–H and O–H groups in total. The Morgan fingerprint density at radius 1 is 1.40 bits per heavy atom. The van der Waals surface area contributed by atoms with Crippen LogP contribution in [0.1, 0.15) is 41.0 Å². The van der Waals surface area contributed by atoms with Crippen LogP contribution >= 0.6 is 7.52 Å². The number of hydrogen-bond donors (Lipinski definition) is 0. The lowest BCUT2D eigenvalue weighted by Gasteiger charge is -2.29. The highest BCUT2D eigenvalue weighted by Crippen LogP contribution is 2.51. The van der Waals surface area contributed by atoms with Crippen LogP contribution in [-0.2, 0) is 9.09 Å². The molecule has 5 heteroatoms. The first-order chi connectivity index (χ1) is 6.91. The first-order valence-electron chi connectivity index (χ1n) is 5.38. The normalized spacial score (nSPS) is 17.5. The molecule has 2 atom stereocenters. The predicted octanol–water partition coefficient (Wildman–Crippen LogP) is 3.21. The lowest BCUT2D eigenvalue weighted by atomic mass is 10.3. The van der Waals surface area contributed by atoms with E-state index in [0.29, 0.717) is 6.54 Å². The highest BCUT2D eigenvalue weighted by Gasteiger charge is 2.34. The number of nitriles is 1. The third-order valence-electron chi connectivity index (χ3n) is 2.28. The van der Waals surface area contributed by atoms with Crippen LogP contribution in [-0.4, -0.2) is 23.4 Å². The van der Waals surface area contributed by atoms with Gasteiger partial charge in [0.1, 0.15) is 0 Å². The van der Waals surface area contributed by atoms with Crippen LogP contribution in [0, 0.1) is 11.1 Å². The predicted molar refractivity (Wildman–Crippen MR) is 61.6 cm³/mol. The molecule has 0 aliphatic heterocycles. The summed E-state index contributed by atoms with van der Waals surface area (Å²) in [7, 11) is -3.30. The van der Waals surface area contributed by atoms with Crippen molar-refractivity contribution in [3.8, 4) is 5.81 Å². The summed E-state index contributed by atoms with van der Waals surface area (Å²) in [6.45, 7) is 10.0. The fourth-order valence-electron chi connectivity index (χ4n) is 1.32. The first kappa shape index (κ1) is 14.6. The van der Waals surface area contributed by atoms with Gasteiger partial charge in [-0.15, -0.1) is 0 Å². The fraction of sp³-hybridized carbons (Fsp3) is 0.900. The minimum Gasteiger partial charge on any atom is -0.304 e. The summed E-state index contributed by atoms with van der Waals surface area (Å²) in [4.78, 5) is 0. The van der Waals surface area contributed by atoms with Crippen molar-refractivity contribution >= 4 is 7.52 Å². The summed E-state index contributed by atoms with van der Waals surface area (Å²) in [5, 5.41) is 9.00. The Labute approximate surface area is 92.7 Å². The highest BCUT2D eigenvalue weighted by molar-refractivity contribution is 7.61. The van der Waals surface area contributed by atoms with E-state index in [9.17, 15) is 4.57 Å². The maximum absolute atomic E-state index is 12.3. The molecule has 0 aromatic carbocycles. The van der Waals surface area contributed by atoms with Crippen molar-refractivity contribution < 1.29 is 9.09 Å². The van der Waals surface area contributed by atoms with Gasteiger partial charge in [-0.05, 0) is 27.2 Å². The zero-order valence-corrected chi connectivity index (χ0v) is 11.1. The molecule has 0 bridgehead atoms. The highest BCUT2D eigenvalue weighted by atomic mass is 31.2. The van der Waals surface area contributed by atoms with Gasteiger partial charge in [0.05, 0.1) is 6.10 Å². The molecule has 0 rings (SSSR count). The maximum Gasteiger partial charge on any atom is 0.371 e. The average Bonchev–Trinajstić information content (AvgIpc) is 2.17. The van der Waals surface area contributed by atoms with E-state index in [-0.39, 0.29) is 12.1 Å². The summed E-state index contributed by atoms with van der Waals surface area (Å²) in [6.07, 6.45) is 0.602. The third-order valence-corrected chi connectivity index (χ3v) is 4.60. The van der Waals surface area contributed by atoms with Crippen molar-refractivity contribution in [2.45, 2.75) is 53.2 Å². The lowest BCUT2D eigenvalue weighted by molar-refractivity contribution is 0.188. The van der Waals surface area contributed by atoms with Gasteiger partial charge >= 0.3 is 7.52 Å². The largest absolute Gasteiger partial charge is 0.371 e. The minimum atomic E-state index is -3.30. The first-order valence-corrected chi connectivity index (χ1v) is 6.95. The van der Waals surface area contributed by atoms with Gasteiger partial charge < -0.3 is 4.52 Å². The quantitative estimate of drug-likeness (QED) is 0.660. The summed E-state index contributed by atoms with van der Waals surface area (Å²) >= 11 is 0. The topological polar surface area (TPSA) is 53.3 Å². The molecule has 88 valence electrons. The monoisotopic (exact) mass is 232 g/mol. The van der Waals surface area contributed by atoms with Crippen molar-refractivity contribution in [3.05, 3.63) is 0 Å². The molecule has 0 heterocycles. The fourth-order valence-corrected chi connectivity index (χ4v) is 3.22. The molecule has 2 unspecified atom stereocenters. The van der Waals surface area contributed by atoms with Crippen molar-refractivity contribution in [1.82, 2.24) is 4.67 Å². The summed E-state index contributed by atoms with van der Waals surface area (Å²) in [5.41, 5.74) is 0. The molecule has 0 saturated heterocycles. The van der Waals surface area contributed by atoms with Crippen LogP contribution in [0.5, 0.6) is 0 Å². The summed E-state index contributed by atoms with van der Waals surface area (Å²) in [6, 6.07) is 0.0459. The van der Waals surface area contributed by atoms with Gasteiger partial charge in [-0.3, -0.25) is 4.57 Å². The Balaban J connectivity index is 4.84. The van der Waals surface area contributed by atoms with Gasteiger partial charge in [0.2, 0.25) is 0 Å². The second-order valence-corrected chi connectivity index (χ2v) is 5.76. The molecule has 0 aromatic rings. The molecule has 0 amide bonds. The van der Waals surface area contributed by atoms with Gasteiger partial charge in [-0.25, -0.2) is 4.67 Å². The van der Waals surface area contributed by atoms with Gasteiger partial charge in [-0.1, -0.05) is 13.8 Å². The summed E-state index contributed by atoms with van der Waals surface area (Å²) in [5.74, 6) is 1.84. The smallest absolute Gasteiger partial charge is 0.304 e. The number of nitrogens with zero attached hydrogens (tertiary/aromatic N) is 2. The van der Waals surface area contributed by atoms with Crippen LogP contribution in [0.4, 0.5) is 0 Å². The Kier molecular flexibility index (Phi) is 6.12. The Bertz CT molecular complexity index is 273. The summed E-state index contributed by atoms with van der Waals surface area (Å²) < 4.78 is 19.3. The average molecular weight is 232 g/mol. The zero-order valence-electron chi connectivity index (χ0n) is 10.2. The number of hydrogen-bond acceptors (Lipinski definition) is 3. The molecule has 0 radical (unpaired) electrons. The van der Waals surface area contributed by atoms with Crippen LogP contribution in [0.15, 0.2) is 0 Å². The van der Waals surface area contributed by atoms with Crippen molar-refractivity contribution in [2.75, 3.05) is 6.54 Å². The van der Waals surface area contributed by atoms with E-state index in [1.807, 2.05) is 40.4 Å². The van der Waals surface area contributed by atoms with Gasteiger partial charge in [0.15, 0.2) is 5.81 Å². The van der Waals surface area contributed by atoms with Gasteiger partial charge in [0, 0.05) is 12.6 Å². The van der Waals surface area contributed by atoms with E-state index in [1.165, 1.54) is 0 Å². The minimum absolute atomic E-state index is 0.0459. The van der Waals surface area contributed by atoms with Crippen molar-refractivity contribution in [2.24, 2.45) is 0 Å². The Morgan fingerprint density at radius 2 is 1.93 bits per heavy atom. The van der Waals surface area contributed by atoms with Crippen LogP contribution in [0.3, 0.4) is 0 Å². The van der Waals surface area contributed by atoms with Crippen molar-refractivity contribution in [1.29, 1.82) is 5.26 Å². The molecule has 0 aliphatic carbocycles. The van der Waals surface area contributed by atoms with E-state index in [4.69, 9.17) is 9.79 Å². The second-order valence-electron chi connectivity index (χ2n) is 3.79. The SMILES string of the molecule is CCC(C)OP(=O)(C#N)N(CC)C(C)C. The molecule has 0 aromatic heterocycles. The Hall–Kier alpha value is -0.360. The van der Waals surface area contributed by atoms with E-state index in [0.717, 1.165) is 6.42 Å². The zero-order chi connectivity index (χ0) is 12.1. The molecular formula is C10H21N2O2P. The molecule has 0 fully saturated rings. The molecule has 4 nitrogen and oxygen atoms in total. The molecule has 0 spiro atoms. The number of rotatable bonds is 6. The lowest BCUT2D eigenvalue weighted by Crippen LogP contribution is -2.29. The molecule has 0 aliphatic rings. The van der Waals surface area contributed by atoms with Gasteiger partial charge in [-0.2, -0.15) is 5.26 Å². The molecular weight excluding hydrogens is 211 g/mol. The molecule has 0 saturated carbocycles. The standard InChI is InChI=1S/C10H21N2O2P/c1-6-10(5)14-15(13,8-11)12(7-2)9(3)4/h9-10H,6-7H2,1-5H3. The second kappa shape index (κ2) is 6.27. The Morgan fingerprint density at radius 3 is 2.20 bits per heavy atom. The van der Waals surface area contributed by atoms with E-state index in [1.54, 1.807) is 4.67 Å². The van der Waals surface area contributed by atoms with Gasteiger partial charge in [0.25, 0.3) is 0 Å².